The van der Waals surface area contributed by atoms with Crippen molar-refractivity contribution in [1.82, 2.24) is 19.9 Å². The third-order valence-electron chi connectivity index (χ3n) is 3.50. The van der Waals surface area contributed by atoms with Gasteiger partial charge in [-0.3, -0.25) is 4.79 Å². The molecule has 94 valence electrons. The molecule has 1 saturated heterocycles. The fourth-order valence-corrected chi connectivity index (χ4v) is 2.45. The number of nitrogens with zero attached hydrogens (tertiary/aromatic N) is 4. The lowest BCUT2D eigenvalue weighted by Gasteiger charge is -2.26. The van der Waals surface area contributed by atoms with Gasteiger partial charge in [0, 0.05) is 25.7 Å². The van der Waals surface area contributed by atoms with Crippen molar-refractivity contribution in [3.05, 3.63) is 23.8 Å². The van der Waals surface area contributed by atoms with Gasteiger partial charge < -0.3 is 4.90 Å². The zero-order chi connectivity index (χ0) is 12.5. The number of carbonyl (C=O) groups excluding carboxylic acids is 1. The van der Waals surface area contributed by atoms with Crippen LogP contribution in [0.15, 0.2) is 18.2 Å². The Labute approximate surface area is 105 Å². The Bertz CT molecular complexity index is 584. The minimum Gasteiger partial charge on any atom is -0.339 e. The molecule has 1 fully saturated rings. The van der Waals surface area contributed by atoms with Gasteiger partial charge >= 0.3 is 0 Å². The summed E-state index contributed by atoms with van der Waals surface area (Å²) in [6.07, 6.45) is 3.45. The van der Waals surface area contributed by atoms with E-state index in [1.165, 1.54) is 6.42 Å². The molecule has 0 bridgehead atoms. The number of rotatable bonds is 1. The topological polar surface area (TPSA) is 51.0 Å². The van der Waals surface area contributed by atoms with Gasteiger partial charge in [-0.1, -0.05) is 5.21 Å². The summed E-state index contributed by atoms with van der Waals surface area (Å²) >= 11 is 0. The molecule has 1 aliphatic rings. The molecule has 5 nitrogen and oxygen atoms in total. The van der Waals surface area contributed by atoms with E-state index in [-0.39, 0.29) is 5.91 Å². The van der Waals surface area contributed by atoms with Gasteiger partial charge in [0.15, 0.2) is 0 Å². The maximum absolute atomic E-state index is 12.3. The molecule has 3 rings (SSSR count). The minimum atomic E-state index is 0.113. The number of likely N-dealkylation sites (tertiary alicyclic amines) is 1. The largest absolute Gasteiger partial charge is 0.339 e. The Balaban J connectivity index is 1.91. The van der Waals surface area contributed by atoms with Gasteiger partial charge in [0.2, 0.25) is 0 Å². The van der Waals surface area contributed by atoms with Crippen LogP contribution in [0.3, 0.4) is 0 Å². The summed E-state index contributed by atoms with van der Waals surface area (Å²) in [5, 5.41) is 8.00. The van der Waals surface area contributed by atoms with Gasteiger partial charge in [-0.25, -0.2) is 4.68 Å². The summed E-state index contributed by atoms with van der Waals surface area (Å²) in [6.45, 7) is 1.74. The first-order chi connectivity index (χ1) is 8.75. The van der Waals surface area contributed by atoms with Crippen LogP contribution in [0.25, 0.3) is 11.0 Å². The second kappa shape index (κ2) is 4.40. The number of amides is 1. The Morgan fingerprint density at radius 1 is 1.22 bits per heavy atom. The maximum Gasteiger partial charge on any atom is 0.253 e. The first kappa shape index (κ1) is 11.2. The number of aromatic nitrogens is 3. The zero-order valence-corrected chi connectivity index (χ0v) is 10.5. The summed E-state index contributed by atoms with van der Waals surface area (Å²) in [6, 6.07) is 5.61. The van der Waals surface area contributed by atoms with Crippen molar-refractivity contribution < 1.29 is 4.79 Å². The number of benzene rings is 1. The highest BCUT2D eigenvalue weighted by molar-refractivity contribution is 5.97. The van der Waals surface area contributed by atoms with E-state index in [0.29, 0.717) is 5.56 Å². The van der Waals surface area contributed by atoms with Gasteiger partial charge in [0.1, 0.15) is 5.52 Å². The number of hydrogen-bond acceptors (Lipinski definition) is 3. The molecule has 5 heteroatoms. The Morgan fingerprint density at radius 3 is 2.78 bits per heavy atom. The predicted octanol–water partition coefficient (Wildman–Crippen LogP) is 1.59. The molecule has 1 aromatic heterocycles. The van der Waals surface area contributed by atoms with Crippen LogP contribution >= 0.6 is 0 Å². The van der Waals surface area contributed by atoms with E-state index in [1.807, 2.05) is 30.1 Å². The molecular formula is C13H16N4O. The summed E-state index contributed by atoms with van der Waals surface area (Å²) < 4.78 is 1.71. The lowest BCUT2D eigenvalue weighted by molar-refractivity contribution is 0.0724. The average Bonchev–Trinajstić information content (AvgIpc) is 2.80. The SMILES string of the molecule is Cn1nnc2cc(C(=O)N3CCCCC3)ccc21. The zero-order valence-electron chi connectivity index (χ0n) is 10.5. The normalized spacial score (nSPS) is 16.2. The van der Waals surface area contributed by atoms with E-state index < -0.39 is 0 Å². The standard InChI is InChI=1S/C13H16N4O/c1-16-12-6-5-10(9-11(12)14-15-16)13(18)17-7-3-2-4-8-17/h5-6,9H,2-4,7-8H2,1H3. The van der Waals surface area contributed by atoms with Crippen molar-refractivity contribution in [2.45, 2.75) is 19.3 Å². The van der Waals surface area contributed by atoms with Gasteiger partial charge in [0.05, 0.1) is 5.52 Å². The molecule has 0 radical (unpaired) electrons. The van der Waals surface area contributed by atoms with Crippen molar-refractivity contribution >= 4 is 16.9 Å². The van der Waals surface area contributed by atoms with E-state index in [1.54, 1.807) is 4.68 Å². The molecule has 0 spiro atoms. The fraction of sp³-hybridized carbons (Fsp3) is 0.462. The molecule has 2 aromatic rings. The summed E-state index contributed by atoms with van der Waals surface area (Å²) in [5.41, 5.74) is 2.44. The van der Waals surface area contributed by atoms with E-state index in [9.17, 15) is 4.79 Å². The lowest BCUT2D eigenvalue weighted by Crippen LogP contribution is -2.35. The van der Waals surface area contributed by atoms with Crippen LogP contribution in [0.4, 0.5) is 0 Å². The van der Waals surface area contributed by atoms with Crippen LogP contribution in [0.5, 0.6) is 0 Å². The molecule has 1 aliphatic heterocycles. The molecule has 2 heterocycles. The third-order valence-corrected chi connectivity index (χ3v) is 3.50. The first-order valence-electron chi connectivity index (χ1n) is 6.34. The van der Waals surface area contributed by atoms with Gasteiger partial charge in [-0.15, -0.1) is 5.10 Å². The van der Waals surface area contributed by atoms with E-state index >= 15 is 0 Å². The molecular weight excluding hydrogens is 228 g/mol. The van der Waals surface area contributed by atoms with Crippen LogP contribution in [-0.2, 0) is 7.05 Å². The molecule has 0 atom stereocenters. The molecule has 1 aromatic carbocycles. The highest BCUT2D eigenvalue weighted by Crippen LogP contribution is 2.17. The molecule has 0 aliphatic carbocycles. The predicted molar refractivity (Wildman–Crippen MR) is 68.3 cm³/mol. The maximum atomic E-state index is 12.3. The van der Waals surface area contributed by atoms with Crippen molar-refractivity contribution in [2.24, 2.45) is 7.05 Å². The van der Waals surface area contributed by atoms with Crippen LogP contribution in [-0.4, -0.2) is 38.9 Å². The number of fused-ring (bicyclic) bond motifs is 1. The first-order valence-corrected chi connectivity index (χ1v) is 6.34. The highest BCUT2D eigenvalue weighted by atomic mass is 16.2. The van der Waals surface area contributed by atoms with Crippen LogP contribution < -0.4 is 0 Å². The number of hydrogen-bond donors (Lipinski definition) is 0. The Hall–Kier alpha value is -1.91. The molecule has 1 amide bonds. The van der Waals surface area contributed by atoms with Gasteiger partial charge in [-0.05, 0) is 37.5 Å². The van der Waals surface area contributed by atoms with Crippen LogP contribution in [0.2, 0.25) is 0 Å². The summed E-state index contributed by atoms with van der Waals surface area (Å²) in [4.78, 5) is 14.3. The quantitative estimate of drug-likeness (QED) is 0.765. The Kier molecular flexibility index (Phi) is 2.74. The lowest BCUT2D eigenvalue weighted by atomic mass is 10.1. The van der Waals surface area contributed by atoms with E-state index in [2.05, 4.69) is 10.3 Å². The minimum absolute atomic E-state index is 0.113. The fourth-order valence-electron chi connectivity index (χ4n) is 2.45. The third kappa shape index (κ3) is 1.85. The number of piperidine rings is 1. The molecule has 0 N–H and O–H groups in total. The van der Waals surface area contributed by atoms with Crippen molar-refractivity contribution in [1.29, 1.82) is 0 Å². The molecule has 0 saturated carbocycles. The van der Waals surface area contributed by atoms with E-state index in [4.69, 9.17) is 0 Å². The Morgan fingerprint density at radius 2 is 2.00 bits per heavy atom. The second-order valence-electron chi connectivity index (χ2n) is 4.77. The molecule has 0 unspecified atom stereocenters. The smallest absolute Gasteiger partial charge is 0.253 e. The van der Waals surface area contributed by atoms with Crippen molar-refractivity contribution in [3.63, 3.8) is 0 Å². The average molecular weight is 244 g/mol. The monoisotopic (exact) mass is 244 g/mol. The van der Waals surface area contributed by atoms with Gasteiger partial charge in [-0.2, -0.15) is 0 Å². The van der Waals surface area contributed by atoms with E-state index in [0.717, 1.165) is 37.0 Å². The highest BCUT2D eigenvalue weighted by Gasteiger charge is 2.18. The van der Waals surface area contributed by atoms with Crippen LogP contribution in [0.1, 0.15) is 29.6 Å². The summed E-state index contributed by atoms with van der Waals surface area (Å²) in [5.74, 6) is 0.113. The molecule has 18 heavy (non-hydrogen) atoms. The van der Waals surface area contributed by atoms with Gasteiger partial charge in [0.25, 0.3) is 5.91 Å². The van der Waals surface area contributed by atoms with Crippen molar-refractivity contribution in [2.75, 3.05) is 13.1 Å². The van der Waals surface area contributed by atoms with Crippen LogP contribution in [0, 0.1) is 0 Å². The second-order valence-corrected chi connectivity index (χ2v) is 4.77. The van der Waals surface area contributed by atoms with Crippen molar-refractivity contribution in [3.8, 4) is 0 Å². The number of aryl methyl sites for hydroxylation is 1. The number of carbonyl (C=O) groups is 1. The summed E-state index contributed by atoms with van der Waals surface area (Å²) in [7, 11) is 1.85.